The van der Waals surface area contributed by atoms with E-state index < -0.39 is 23.7 Å². The summed E-state index contributed by atoms with van der Waals surface area (Å²) in [7, 11) is 2.78. The molecule has 0 aliphatic rings. The van der Waals surface area contributed by atoms with Crippen molar-refractivity contribution >= 4 is 11.9 Å². The average molecular weight is 397 g/mol. The molecule has 150 valence electrons. The van der Waals surface area contributed by atoms with Crippen molar-refractivity contribution < 1.29 is 23.5 Å². The fraction of sp³-hybridized carbons (Fsp3) is 0.190. The van der Waals surface area contributed by atoms with Gasteiger partial charge in [0.05, 0.1) is 19.9 Å². The zero-order chi connectivity index (χ0) is 21.0. The van der Waals surface area contributed by atoms with Crippen LogP contribution in [0.1, 0.15) is 27.8 Å². The Balaban J connectivity index is 1.86. The van der Waals surface area contributed by atoms with Crippen molar-refractivity contribution in [1.29, 1.82) is 0 Å². The molecule has 0 bridgehead atoms. The number of carbonyl (C=O) groups excluding carboxylic acids is 2. The molecule has 8 heteroatoms. The SMILES string of the molecule is COC(=O)[C@@H](NC(=O)c1cc(C)n(-c2cccc(F)c2)n1)c1ccc(OC)cc1. The molecule has 1 N–H and O–H groups in total. The van der Waals surface area contributed by atoms with Crippen LogP contribution in [0.2, 0.25) is 0 Å². The van der Waals surface area contributed by atoms with Crippen LogP contribution in [0.3, 0.4) is 0 Å². The summed E-state index contributed by atoms with van der Waals surface area (Å²) in [5.41, 5.74) is 1.75. The first-order valence-corrected chi connectivity index (χ1v) is 8.78. The van der Waals surface area contributed by atoms with Crippen molar-refractivity contribution in [3.63, 3.8) is 0 Å². The van der Waals surface area contributed by atoms with Gasteiger partial charge in [-0.05, 0) is 48.9 Å². The summed E-state index contributed by atoms with van der Waals surface area (Å²) in [5.74, 6) is -0.971. The molecule has 0 aliphatic heterocycles. The van der Waals surface area contributed by atoms with Crippen molar-refractivity contribution in [1.82, 2.24) is 15.1 Å². The monoisotopic (exact) mass is 397 g/mol. The normalized spacial score (nSPS) is 11.6. The van der Waals surface area contributed by atoms with E-state index in [0.29, 0.717) is 22.7 Å². The van der Waals surface area contributed by atoms with Crippen molar-refractivity contribution in [2.45, 2.75) is 13.0 Å². The number of hydrogen-bond acceptors (Lipinski definition) is 5. The summed E-state index contributed by atoms with van der Waals surface area (Å²) in [5, 5.41) is 6.88. The fourth-order valence-electron chi connectivity index (χ4n) is 2.85. The van der Waals surface area contributed by atoms with Crippen molar-refractivity contribution in [3.8, 4) is 11.4 Å². The molecule has 2 aromatic carbocycles. The minimum atomic E-state index is -1.02. The highest BCUT2D eigenvalue weighted by Gasteiger charge is 2.25. The minimum Gasteiger partial charge on any atom is -0.497 e. The first-order chi connectivity index (χ1) is 13.9. The smallest absolute Gasteiger partial charge is 0.333 e. The molecule has 3 rings (SSSR count). The van der Waals surface area contributed by atoms with Crippen molar-refractivity contribution in [2.24, 2.45) is 0 Å². The van der Waals surface area contributed by atoms with Crippen LogP contribution in [0, 0.1) is 12.7 Å². The number of rotatable bonds is 6. The summed E-state index contributed by atoms with van der Waals surface area (Å²) in [6.07, 6.45) is 0. The molecule has 29 heavy (non-hydrogen) atoms. The number of nitrogens with zero attached hydrogens (tertiary/aromatic N) is 2. The maximum atomic E-state index is 13.5. The van der Waals surface area contributed by atoms with E-state index >= 15 is 0 Å². The molecule has 0 spiro atoms. The van der Waals surface area contributed by atoms with Gasteiger partial charge in [0.15, 0.2) is 11.7 Å². The lowest BCUT2D eigenvalue weighted by atomic mass is 10.1. The average Bonchev–Trinajstić information content (AvgIpc) is 3.13. The molecule has 1 heterocycles. The van der Waals surface area contributed by atoms with Crippen LogP contribution in [0.4, 0.5) is 4.39 Å². The predicted octanol–water partition coefficient (Wildman–Crippen LogP) is 2.97. The second kappa shape index (κ2) is 8.55. The molecule has 1 aromatic heterocycles. The lowest BCUT2D eigenvalue weighted by molar-refractivity contribution is -0.143. The van der Waals surface area contributed by atoms with E-state index in [1.807, 2.05) is 0 Å². The molecule has 7 nitrogen and oxygen atoms in total. The fourth-order valence-corrected chi connectivity index (χ4v) is 2.85. The van der Waals surface area contributed by atoms with E-state index in [9.17, 15) is 14.0 Å². The summed E-state index contributed by atoms with van der Waals surface area (Å²) >= 11 is 0. The molecule has 0 saturated carbocycles. The Morgan fingerprint density at radius 1 is 1.10 bits per heavy atom. The zero-order valence-corrected chi connectivity index (χ0v) is 16.2. The van der Waals surface area contributed by atoms with Crippen LogP contribution in [-0.2, 0) is 9.53 Å². The zero-order valence-electron chi connectivity index (χ0n) is 16.2. The van der Waals surface area contributed by atoms with Gasteiger partial charge in [-0.3, -0.25) is 4.79 Å². The van der Waals surface area contributed by atoms with Crippen molar-refractivity contribution in [2.75, 3.05) is 14.2 Å². The van der Waals surface area contributed by atoms with E-state index in [1.165, 1.54) is 31.0 Å². The van der Waals surface area contributed by atoms with Crippen LogP contribution in [0.15, 0.2) is 54.6 Å². The first kappa shape index (κ1) is 20.1. The predicted molar refractivity (Wildman–Crippen MR) is 103 cm³/mol. The maximum absolute atomic E-state index is 13.5. The molecule has 0 radical (unpaired) electrons. The Morgan fingerprint density at radius 3 is 2.45 bits per heavy atom. The highest BCUT2D eigenvalue weighted by molar-refractivity contribution is 5.95. The topological polar surface area (TPSA) is 82.5 Å². The molecule has 0 fully saturated rings. The van der Waals surface area contributed by atoms with Crippen LogP contribution in [0.25, 0.3) is 5.69 Å². The Bertz CT molecular complexity index is 1030. The lowest BCUT2D eigenvalue weighted by Crippen LogP contribution is -2.34. The molecule has 1 amide bonds. The van der Waals surface area contributed by atoms with Gasteiger partial charge >= 0.3 is 5.97 Å². The minimum absolute atomic E-state index is 0.0918. The second-order valence-electron chi connectivity index (χ2n) is 6.27. The van der Waals surface area contributed by atoms with E-state index in [-0.39, 0.29) is 5.69 Å². The molecular formula is C21H20FN3O4. The van der Waals surface area contributed by atoms with E-state index in [1.54, 1.807) is 49.4 Å². The van der Waals surface area contributed by atoms with Gasteiger partial charge in [0.25, 0.3) is 5.91 Å². The number of aryl methyl sites for hydroxylation is 1. The van der Waals surface area contributed by atoms with Gasteiger partial charge in [-0.15, -0.1) is 0 Å². The molecule has 1 atom stereocenters. The summed E-state index contributed by atoms with van der Waals surface area (Å²) < 4.78 is 24.9. The number of nitrogens with one attached hydrogen (secondary N) is 1. The second-order valence-corrected chi connectivity index (χ2v) is 6.27. The van der Waals surface area contributed by atoms with Crippen LogP contribution >= 0.6 is 0 Å². The van der Waals surface area contributed by atoms with Crippen LogP contribution in [-0.4, -0.2) is 35.9 Å². The highest BCUT2D eigenvalue weighted by atomic mass is 19.1. The van der Waals surface area contributed by atoms with Gasteiger partial charge < -0.3 is 14.8 Å². The maximum Gasteiger partial charge on any atom is 0.333 e. The van der Waals surface area contributed by atoms with Crippen LogP contribution < -0.4 is 10.1 Å². The van der Waals surface area contributed by atoms with Gasteiger partial charge in [0.2, 0.25) is 0 Å². The number of carbonyl (C=O) groups is 2. The van der Waals surface area contributed by atoms with Gasteiger partial charge in [0.1, 0.15) is 11.6 Å². The number of esters is 1. The number of amides is 1. The Kier molecular flexibility index (Phi) is 5.92. The molecule has 0 aliphatic carbocycles. The molecule has 3 aromatic rings. The van der Waals surface area contributed by atoms with Crippen molar-refractivity contribution in [3.05, 3.63) is 77.4 Å². The third kappa shape index (κ3) is 4.43. The number of hydrogen-bond donors (Lipinski definition) is 1. The van der Waals surface area contributed by atoms with Crippen LogP contribution in [0.5, 0.6) is 5.75 Å². The van der Waals surface area contributed by atoms with Gasteiger partial charge in [0, 0.05) is 5.69 Å². The Labute approximate surface area is 167 Å². The molecular weight excluding hydrogens is 377 g/mol. The Hall–Kier alpha value is -3.68. The highest BCUT2D eigenvalue weighted by Crippen LogP contribution is 2.20. The quantitative estimate of drug-likeness (QED) is 0.647. The third-order valence-electron chi connectivity index (χ3n) is 4.33. The summed E-state index contributed by atoms with van der Waals surface area (Å²) in [4.78, 5) is 25.0. The van der Waals surface area contributed by atoms with E-state index in [4.69, 9.17) is 9.47 Å². The van der Waals surface area contributed by atoms with Gasteiger partial charge in [-0.25, -0.2) is 13.9 Å². The number of aromatic nitrogens is 2. The third-order valence-corrected chi connectivity index (χ3v) is 4.33. The summed E-state index contributed by atoms with van der Waals surface area (Å²) in [6, 6.07) is 13.1. The number of ether oxygens (including phenoxy) is 2. The van der Waals surface area contributed by atoms with E-state index in [2.05, 4.69) is 10.4 Å². The lowest BCUT2D eigenvalue weighted by Gasteiger charge is -2.16. The largest absolute Gasteiger partial charge is 0.497 e. The standard InChI is InChI=1S/C21H20FN3O4/c1-13-11-18(24-25(13)16-6-4-5-15(22)12-16)20(26)23-19(21(27)29-3)14-7-9-17(28-2)10-8-14/h4-12,19H,1-3H3,(H,23,26)/t19-/m0/s1. The molecule has 0 saturated heterocycles. The van der Waals surface area contributed by atoms with Gasteiger partial charge in [-0.2, -0.15) is 5.10 Å². The van der Waals surface area contributed by atoms with E-state index in [0.717, 1.165) is 0 Å². The first-order valence-electron chi connectivity index (χ1n) is 8.78. The Morgan fingerprint density at radius 2 is 1.83 bits per heavy atom. The summed E-state index contributed by atoms with van der Waals surface area (Å²) in [6.45, 7) is 1.75. The molecule has 0 unspecified atom stereocenters. The number of benzene rings is 2. The van der Waals surface area contributed by atoms with Gasteiger partial charge in [-0.1, -0.05) is 18.2 Å². The number of methoxy groups -OCH3 is 2. The number of halogens is 1.